The van der Waals surface area contributed by atoms with Crippen LogP contribution in [0.2, 0.25) is 10.0 Å². The Morgan fingerprint density at radius 2 is 1.89 bits per heavy atom. The minimum Gasteiger partial charge on any atom is -0.388 e. The number of hydrogen-bond donors (Lipinski definition) is 2. The lowest BCUT2D eigenvalue weighted by Crippen LogP contribution is -2.47. The van der Waals surface area contributed by atoms with Gasteiger partial charge in [0.05, 0.1) is 22.2 Å². The zero-order valence-corrected chi connectivity index (χ0v) is 16.6. The summed E-state index contributed by atoms with van der Waals surface area (Å²) in [6.07, 6.45) is 3.34. The molecule has 3 rings (SSSR count). The first kappa shape index (κ1) is 19.5. The van der Waals surface area contributed by atoms with Crippen molar-refractivity contribution in [2.75, 3.05) is 0 Å². The zero-order valence-electron chi connectivity index (χ0n) is 15.1. The molecule has 2 heterocycles. The second-order valence-corrected chi connectivity index (χ2v) is 7.77. The smallest absolute Gasteiger partial charge is 0.270 e. The fourth-order valence-electron chi connectivity index (χ4n) is 2.52. The molecule has 2 aromatic heterocycles. The average Bonchev–Trinajstić information content (AvgIpc) is 2.60. The lowest BCUT2D eigenvalue weighted by atomic mass is 10.0. The van der Waals surface area contributed by atoms with E-state index in [0.717, 1.165) is 10.9 Å². The van der Waals surface area contributed by atoms with Gasteiger partial charge >= 0.3 is 0 Å². The maximum atomic E-state index is 12.6. The average molecular weight is 404 g/mol. The van der Waals surface area contributed by atoms with E-state index in [-0.39, 0.29) is 11.6 Å². The molecular formula is C20H19Cl2N3O2. The number of benzene rings is 1. The lowest BCUT2D eigenvalue weighted by molar-refractivity contribution is 0.0407. The normalized spacial score (nSPS) is 12.8. The van der Waals surface area contributed by atoms with E-state index in [0.29, 0.717) is 21.1 Å². The SMILES string of the molecule is CC(NC(=O)c1ccc2cncc(-c3ccc(Cl)cc3Cl)c2n1)C(C)(C)O. The van der Waals surface area contributed by atoms with E-state index in [9.17, 15) is 9.90 Å². The fraction of sp³-hybridized carbons (Fsp3) is 0.250. The van der Waals surface area contributed by atoms with Crippen molar-refractivity contribution in [3.8, 4) is 11.1 Å². The molecule has 1 amide bonds. The van der Waals surface area contributed by atoms with Gasteiger partial charge in [-0.15, -0.1) is 0 Å². The third kappa shape index (κ3) is 4.21. The Hall–Kier alpha value is -2.21. The first-order valence-electron chi connectivity index (χ1n) is 8.40. The van der Waals surface area contributed by atoms with Gasteiger partial charge in [0.15, 0.2) is 0 Å². The van der Waals surface area contributed by atoms with E-state index >= 15 is 0 Å². The Balaban J connectivity index is 2.05. The predicted octanol–water partition coefficient (Wildman–Crippen LogP) is 4.49. The molecule has 2 N–H and O–H groups in total. The number of aromatic nitrogens is 2. The van der Waals surface area contributed by atoms with E-state index in [1.165, 1.54) is 0 Å². The molecule has 0 aliphatic carbocycles. The summed E-state index contributed by atoms with van der Waals surface area (Å²) in [6, 6.07) is 8.16. The van der Waals surface area contributed by atoms with Gasteiger partial charge in [-0.2, -0.15) is 0 Å². The Labute approximate surface area is 167 Å². The van der Waals surface area contributed by atoms with Gasteiger partial charge in [-0.05, 0) is 45.0 Å². The highest BCUT2D eigenvalue weighted by Gasteiger charge is 2.25. The number of nitrogens with one attached hydrogen (secondary N) is 1. The Bertz CT molecular complexity index is 1020. The number of carbonyl (C=O) groups excluding carboxylic acids is 1. The molecule has 7 heteroatoms. The number of pyridine rings is 2. The van der Waals surface area contributed by atoms with Crippen LogP contribution in [0, 0.1) is 0 Å². The first-order valence-corrected chi connectivity index (χ1v) is 9.16. The molecule has 0 saturated carbocycles. The highest BCUT2D eigenvalue weighted by molar-refractivity contribution is 6.36. The first-order chi connectivity index (χ1) is 12.7. The van der Waals surface area contributed by atoms with Crippen LogP contribution >= 0.6 is 23.2 Å². The van der Waals surface area contributed by atoms with Crippen LogP contribution in [0.25, 0.3) is 22.0 Å². The third-order valence-electron chi connectivity index (χ3n) is 4.46. The van der Waals surface area contributed by atoms with Gasteiger partial charge in [0.25, 0.3) is 5.91 Å². The van der Waals surface area contributed by atoms with E-state index < -0.39 is 11.6 Å². The van der Waals surface area contributed by atoms with Crippen LogP contribution in [0.3, 0.4) is 0 Å². The summed E-state index contributed by atoms with van der Waals surface area (Å²) in [7, 11) is 0. The van der Waals surface area contributed by atoms with Gasteiger partial charge in [0.2, 0.25) is 0 Å². The number of halogens is 2. The van der Waals surface area contributed by atoms with Crippen LogP contribution in [0.1, 0.15) is 31.3 Å². The molecule has 27 heavy (non-hydrogen) atoms. The maximum Gasteiger partial charge on any atom is 0.270 e. The molecule has 140 valence electrons. The number of carbonyl (C=O) groups is 1. The molecule has 0 aliphatic rings. The standard InChI is InChI=1S/C20H19Cl2N3O2/c1-11(20(2,3)27)24-19(26)17-7-4-12-9-23-10-15(18(12)25-17)14-6-5-13(21)8-16(14)22/h4-11,27H,1-3H3,(H,24,26). The number of aliphatic hydroxyl groups is 1. The topological polar surface area (TPSA) is 75.1 Å². The van der Waals surface area contributed by atoms with E-state index in [4.69, 9.17) is 23.2 Å². The summed E-state index contributed by atoms with van der Waals surface area (Å²) in [4.78, 5) is 21.3. The predicted molar refractivity (Wildman–Crippen MR) is 108 cm³/mol. The number of amides is 1. The number of hydrogen-bond acceptors (Lipinski definition) is 4. The van der Waals surface area contributed by atoms with Gasteiger partial charge in [-0.25, -0.2) is 4.98 Å². The van der Waals surface area contributed by atoms with Crippen molar-refractivity contribution in [1.29, 1.82) is 0 Å². The molecular weight excluding hydrogens is 385 g/mol. The lowest BCUT2D eigenvalue weighted by Gasteiger charge is -2.26. The highest BCUT2D eigenvalue weighted by atomic mass is 35.5. The number of fused-ring (bicyclic) bond motifs is 1. The van der Waals surface area contributed by atoms with Crippen LogP contribution in [-0.4, -0.2) is 32.6 Å². The van der Waals surface area contributed by atoms with Crippen LogP contribution in [0.15, 0.2) is 42.7 Å². The van der Waals surface area contributed by atoms with Crippen molar-refractivity contribution in [2.45, 2.75) is 32.4 Å². The molecule has 5 nitrogen and oxygen atoms in total. The van der Waals surface area contributed by atoms with Crippen molar-refractivity contribution in [3.63, 3.8) is 0 Å². The summed E-state index contributed by atoms with van der Waals surface area (Å²) in [5.41, 5.74) is 1.25. The summed E-state index contributed by atoms with van der Waals surface area (Å²) in [5, 5.41) is 14.6. The summed E-state index contributed by atoms with van der Waals surface area (Å²) >= 11 is 12.3. The van der Waals surface area contributed by atoms with Gasteiger partial charge in [0, 0.05) is 33.9 Å². The van der Waals surface area contributed by atoms with Gasteiger partial charge in [-0.1, -0.05) is 29.3 Å². The van der Waals surface area contributed by atoms with Crippen LogP contribution in [0.5, 0.6) is 0 Å². The van der Waals surface area contributed by atoms with Crippen LogP contribution < -0.4 is 5.32 Å². The van der Waals surface area contributed by atoms with Gasteiger partial charge in [-0.3, -0.25) is 9.78 Å². The number of rotatable bonds is 4. The fourth-order valence-corrected chi connectivity index (χ4v) is 3.03. The monoisotopic (exact) mass is 403 g/mol. The van der Waals surface area contributed by atoms with Crippen molar-refractivity contribution >= 4 is 40.0 Å². The summed E-state index contributed by atoms with van der Waals surface area (Å²) in [6.45, 7) is 5.01. The summed E-state index contributed by atoms with van der Waals surface area (Å²) in [5.74, 6) is -0.364. The van der Waals surface area contributed by atoms with Crippen LogP contribution in [-0.2, 0) is 0 Å². The van der Waals surface area contributed by atoms with E-state index in [2.05, 4.69) is 15.3 Å². The molecule has 3 aromatic rings. The summed E-state index contributed by atoms with van der Waals surface area (Å²) < 4.78 is 0. The van der Waals surface area contributed by atoms with Crippen molar-refractivity contribution in [1.82, 2.24) is 15.3 Å². The molecule has 1 unspecified atom stereocenters. The highest BCUT2D eigenvalue weighted by Crippen LogP contribution is 2.33. The minimum absolute atomic E-state index is 0.246. The Morgan fingerprint density at radius 3 is 2.56 bits per heavy atom. The third-order valence-corrected chi connectivity index (χ3v) is 5.01. The zero-order chi connectivity index (χ0) is 19.8. The second-order valence-electron chi connectivity index (χ2n) is 6.93. The van der Waals surface area contributed by atoms with Gasteiger partial charge in [0.1, 0.15) is 5.69 Å². The molecule has 0 saturated heterocycles. The molecule has 0 fully saturated rings. The molecule has 1 aromatic carbocycles. The maximum absolute atomic E-state index is 12.6. The quantitative estimate of drug-likeness (QED) is 0.672. The molecule has 0 aliphatic heterocycles. The van der Waals surface area contributed by atoms with E-state index in [1.807, 2.05) is 0 Å². The Kier molecular flexibility index (Phi) is 5.38. The molecule has 0 radical (unpaired) electrons. The van der Waals surface area contributed by atoms with Gasteiger partial charge < -0.3 is 10.4 Å². The van der Waals surface area contributed by atoms with Crippen molar-refractivity contribution in [3.05, 3.63) is 58.5 Å². The molecule has 1 atom stereocenters. The number of nitrogens with zero attached hydrogens (tertiary/aromatic N) is 2. The minimum atomic E-state index is -1.04. The molecule has 0 spiro atoms. The Morgan fingerprint density at radius 1 is 1.15 bits per heavy atom. The largest absolute Gasteiger partial charge is 0.388 e. The molecule has 0 bridgehead atoms. The van der Waals surface area contributed by atoms with Crippen LogP contribution in [0.4, 0.5) is 0 Å². The second kappa shape index (κ2) is 7.43. The van der Waals surface area contributed by atoms with E-state index in [1.54, 1.807) is 63.5 Å². The van der Waals surface area contributed by atoms with Crippen molar-refractivity contribution in [2.24, 2.45) is 0 Å². The van der Waals surface area contributed by atoms with Crippen molar-refractivity contribution < 1.29 is 9.90 Å².